The SMILES string of the molecule is CCCCCC(C)(C)NC(CCCCC)(NC1CC(C)(C)NC(C)(C)C1)NC1CC(C)(C)NC(C)(C)C1. The molecule has 0 aliphatic carbocycles. The van der Waals surface area contributed by atoms with Crippen LogP contribution in [0.5, 0.6) is 0 Å². The van der Waals surface area contributed by atoms with Crippen molar-refractivity contribution in [2.24, 2.45) is 0 Å². The molecule has 2 rings (SSSR count). The van der Waals surface area contributed by atoms with Crippen LogP contribution in [-0.2, 0) is 0 Å². The van der Waals surface area contributed by atoms with Gasteiger partial charge in [-0.05, 0) is 114 Å². The van der Waals surface area contributed by atoms with E-state index in [0.29, 0.717) is 12.1 Å². The topological polar surface area (TPSA) is 60.1 Å². The maximum absolute atomic E-state index is 4.31. The van der Waals surface area contributed by atoms with Gasteiger partial charge < -0.3 is 10.6 Å². The summed E-state index contributed by atoms with van der Waals surface area (Å²) in [7, 11) is 0. The van der Waals surface area contributed by atoms with Crippen LogP contribution in [0.4, 0.5) is 0 Å². The van der Waals surface area contributed by atoms with Gasteiger partial charge in [0.15, 0.2) is 0 Å². The predicted octanol–water partition coefficient (Wildman–Crippen LogP) is 6.97. The van der Waals surface area contributed by atoms with E-state index >= 15 is 0 Å². The van der Waals surface area contributed by atoms with Crippen molar-refractivity contribution in [1.82, 2.24) is 26.6 Å². The summed E-state index contributed by atoms with van der Waals surface area (Å²) in [6, 6.07) is 0.893. The number of hydrogen-bond acceptors (Lipinski definition) is 5. The maximum Gasteiger partial charge on any atom is 0.124 e. The molecule has 0 bridgehead atoms. The van der Waals surface area contributed by atoms with Gasteiger partial charge in [0.1, 0.15) is 5.79 Å². The molecular formula is C32H67N5. The van der Waals surface area contributed by atoms with Gasteiger partial charge in [0.2, 0.25) is 0 Å². The van der Waals surface area contributed by atoms with Crippen LogP contribution in [-0.4, -0.2) is 45.6 Å². The molecule has 5 heteroatoms. The third-order valence-electron chi connectivity index (χ3n) is 8.39. The zero-order chi connectivity index (χ0) is 28.2. The van der Waals surface area contributed by atoms with Crippen LogP contribution in [0.15, 0.2) is 0 Å². The lowest BCUT2D eigenvalue weighted by Gasteiger charge is -2.54. The first-order valence-electron chi connectivity index (χ1n) is 15.7. The van der Waals surface area contributed by atoms with E-state index in [2.05, 4.69) is 110 Å². The minimum absolute atomic E-state index is 0.0529. The molecular weight excluding hydrogens is 454 g/mol. The Hall–Kier alpha value is -0.200. The summed E-state index contributed by atoms with van der Waals surface area (Å²) in [6.07, 6.45) is 14.4. The van der Waals surface area contributed by atoms with E-state index < -0.39 is 0 Å². The van der Waals surface area contributed by atoms with E-state index in [1.54, 1.807) is 0 Å². The van der Waals surface area contributed by atoms with Crippen LogP contribution in [0.1, 0.15) is 160 Å². The quantitative estimate of drug-likeness (QED) is 0.126. The molecule has 5 N–H and O–H groups in total. The Morgan fingerprint density at radius 3 is 1.30 bits per heavy atom. The third-order valence-corrected chi connectivity index (χ3v) is 8.39. The fourth-order valence-electron chi connectivity index (χ4n) is 7.96. The molecule has 0 atom stereocenters. The largest absolute Gasteiger partial charge is 0.307 e. The summed E-state index contributed by atoms with van der Waals surface area (Å²) in [5.41, 5.74) is 0.513. The van der Waals surface area contributed by atoms with E-state index in [4.69, 9.17) is 0 Å². The van der Waals surface area contributed by atoms with Crippen molar-refractivity contribution in [2.45, 2.75) is 206 Å². The van der Waals surface area contributed by atoms with Crippen LogP contribution in [0, 0.1) is 0 Å². The van der Waals surface area contributed by atoms with Crippen molar-refractivity contribution in [3.63, 3.8) is 0 Å². The number of piperidine rings is 2. The molecule has 2 saturated heterocycles. The van der Waals surface area contributed by atoms with Gasteiger partial charge in [-0.2, -0.15) is 0 Å². The first-order valence-corrected chi connectivity index (χ1v) is 15.7. The van der Waals surface area contributed by atoms with E-state index in [1.807, 2.05) is 0 Å². The average Bonchev–Trinajstić information content (AvgIpc) is 2.62. The predicted molar refractivity (Wildman–Crippen MR) is 163 cm³/mol. The second kappa shape index (κ2) is 12.5. The molecule has 0 spiro atoms. The lowest BCUT2D eigenvalue weighted by Crippen LogP contribution is -2.77. The third kappa shape index (κ3) is 11.4. The van der Waals surface area contributed by atoms with Crippen molar-refractivity contribution in [1.29, 1.82) is 0 Å². The van der Waals surface area contributed by atoms with Crippen molar-refractivity contribution < 1.29 is 0 Å². The number of nitrogens with one attached hydrogen (secondary N) is 5. The molecule has 220 valence electrons. The van der Waals surface area contributed by atoms with Crippen LogP contribution in [0.3, 0.4) is 0 Å². The van der Waals surface area contributed by atoms with Gasteiger partial charge in [-0.3, -0.25) is 16.0 Å². The van der Waals surface area contributed by atoms with Gasteiger partial charge in [-0.25, -0.2) is 0 Å². The average molecular weight is 522 g/mol. The lowest BCUT2D eigenvalue weighted by molar-refractivity contribution is 0.0383. The van der Waals surface area contributed by atoms with Crippen LogP contribution >= 0.6 is 0 Å². The minimum Gasteiger partial charge on any atom is -0.307 e. The van der Waals surface area contributed by atoms with Gasteiger partial charge in [-0.15, -0.1) is 0 Å². The Bertz CT molecular complexity index is 621. The Morgan fingerprint density at radius 2 is 0.946 bits per heavy atom. The summed E-state index contributed by atoms with van der Waals surface area (Å²) in [5, 5.41) is 20.7. The standard InChI is InChI=1S/C32H67N5/c1-13-15-17-19-27(3,4)37-32(20-18-16-14-2,33-25-21-28(5,6)35-29(7,8)22-25)34-26-23-30(9,10)36-31(11,12)24-26/h25-26,33-37H,13-24H2,1-12H3. The summed E-state index contributed by atoms with van der Waals surface area (Å²) >= 11 is 0. The van der Waals surface area contributed by atoms with Crippen LogP contribution in [0.25, 0.3) is 0 Å². The second-order valence-electron chi connectivity index (χ2n) is 16.1. The van der Waals surface area contributed by atoms with E-state index in [-0.39, 0.29) is 33.5 Å². The van der Waals surface area contributed by atoms with E-state index in [1.165, 1.54) is 44.9 Å². The smallest absolute Gasteiger partial charge is 0.124 e. The number of unbranched alkanes of at least 4 members (excludes halogenated alkanes) is 4. The number of rotatable bonds is 14. The molecule has 0 unspecified atom stereocenters. The molecule has 0 radical (unpaired) electrons. The molecule has 0 aromatic heterocycles. The van der Waals surface area contributed by atoms with Gasteiger partial charge in [0, 0.05) is 39.8 Å². The first kappa shape index (κ1) is 33.0. The molecule has 0 aromatic carbocycles. The Labute approximate surface area is 232 Å². The molecule has 2 fully saturated rings. The molecule has 2 aliphatic heterocycles. The Kier molecular flexibility index (Phi) is 11.2. The minimum atomic E-state index is -0.285. The van der Waals surface area contributed by atoms with Gasteiger partial charge in [-0.1, -0.05) is 46.0 Å². The molecule has 37 heavy (non-hydrogen) atoms. The molecule has 5 nitrogen and oxygen atoms in total. The fraction of sp³-hybridized carbons (Fsp3) is 1.00. The van der Waals surface area contributed by atoms with Crippen LogP contribution in [0.2, 0.25) is 0 Å². The van der Waals surface area contributed by atoms with Gasteiger partial charge >= 0.3 is 0 Å². The maximum atomic E-state index is 4.31. The Balaban J connectivity index is 2.43. The summed E-state index contributed by atoms with van der Waals surface area (Å²) < 4.78 is 0. The highest BCUT2D eigenvalue weighted by atomic mass is 15.4. The molecule has 0 saturated carbocycles. The highest BCUT2D eigenvalue weighted by Crippen LogP contribution is 2.33. The summed E-state index contributed by atoms with van der Waals surface area (Å²) in [5.74, 6) is -0.285. The van der Waals surface area contributed by atoms with Crippen molar-refractivity contribution >= 4 is 0 Å². The van der Waals surface area contributed by atoms with Crippen LogP contribution < -0.4 is 26.6 Å². The monoisotopic (exact) mass is 522 g/mol. The summed E-state index contributed by atoms with van der Waals surface area (Å²) in [4.78, 5) is 0. The molecule has 2 aliphatic rings. The fourth-order valence-corrected chi connectivity index (χ4v) is 7.96. The van der Waals surface area contributed by atoms with Crippen molar-refractivity contribution in [3.05, 3.63) is 0 Å². The zero-order valence-electron chi connectivity index (χ0n) is 27.1. The Morgan fingerprint density at radius 1 is 0.595 bits per heavy atom. The lowest BCUT2D eigenvalue weighted by atomic mass is 9.78. The molecule has 0 aromatic rings. The second-order valence-corrected chi connectivity index (χ2v) is 16.1. The normalized spacial score (nSPS) is 24.3. The molecule has 2 heterocycles. The highest BCUT2D eigenvalue weighted by Gasteiger charge is 2.46. The van der Waals surface area contributed by atoms with Crippen molar-refractivity contribution in [3.8, 4) is 0 Å². The van der Waals surface area contributed by atoms with Crippen molar-refractivity contribution in [2.75, 3.05) is 0 Å². The van der Waals surface area contributed by atoms with Gasteiger partial charge in [0.25, 0.3) is 0 Å². The van der Waals surface area contributed by atoms with E-state index in [9.17, 15) is 0 Å². The van der Waals surface area contributed by atoms with E-state index in [0.717, 1.165) is 32.1 Å². The summed E-state index contributed by atoms with van der Waals surface area (Å²) in [6.45, 7) is 28.4. The number of hydrogen-bond donors (Lipinski definition) is 5. The zero-order valence-corrected chi connectivity index (χ0v) is 27.1. The molecule has 0 amide bonds. The highest BCUT2D eigenvalue weighted by molar-refractivity contribution is 5.06. The van der Waals surface area contributed by atoms with Gasteiger partial charge in [0.05, 0.1) is 0 Å². The first-order chi connectivity index (χ1) is 16.8.